The summed E-state index contributed by atoms with van der Waals surface area (Å²) in [6.07, 6.45) is 1.56. The summed E-state index contributed by atoms with van der Waals surface area (Å²) in [7, 11) is 0. The molecule has 0 radical (unpaired) electrons. The van der Waals surface area contributed by atoms with Crippen LogP contribution in [0.5, 0.6) is 11.5 Å². The maximum atomic E-state index is 12.7. The van der Waals surface area contributed by atoms with Crippen molar-refractivity contribution >= 4 is 0 Å². The van der Waals surface area contributed by atoms with Crippen molar-refractivity contribution in [1.29, 1.82) is 0 Å². The van der Waals surface area contributed by atoms with Crippen LogP contribution < -0.4 is 4.74 Å². The molecule has 2 aromatic carbocycles. The topological polar surface area (TPSA) is 29.5 Å². The number of hydrogen-bond donors (Lipinski definition) is 1. The zero-order valence-corrected chi connectivity index (χ0v) is 11.8. The number of aromatic hydroxyl groups is 1. The number of phenolic OH excluding ortho intramolecular Hbond substituents is 1. The van der Waals surface area contributed by atoms with Crippen molar-refractivity contribution in [1.82, 2.24) is 0 Å². The first-order chi connectivity index (χ1) is 9.56. The SMILES string of the molecule is Cc1cc(C)c(O)c(CCCOc2ccc(F)cc2)c1. The minimum absolute atomic E-state index is 0.266. The van der Waals surface area contributed by atoms with E-state index in [-0.39, 0.29) is 5.82 Å². The first-order valence-electron chi connectivity index (χ1n) is 6.74. The standard InChI is InChI=1S/C17H19FO2/c1-12-10-13(2)17(19)14(11-12)4-3-9-20-16-7-5-15(18)6-8-16/h5-8,10-11,19H,3-4,9H2,1-2H3. The highest BCUT2D eigenvalue weighted by Crippen LogP contribution is 2.25. The average Bonchev–Trinajstić information content (AvgIpc) is 2.42. The van der Waals surface area contributed by atoms with Gasteiger partial charge in [-0.15, -0.1) is 0 Å². The Hall–Kier alpha value is -2.03. The van der Waals surface area contributed by atoms with E-state index in [0.29, 0.717) is 18.1 Å². The molecule has 0 aliphatic heterocycles. The van der Waals surface area contributed by atoms with Gasteiger partial charge in [0.15, 0.2) is 0 Å². The van der Waals surface area contributed by atoms with E-state index in [4.69, 9.17) is 4.74 Å². The summed E-state index contributed by atoms with van der Waals surface area (Å²) in [6, 6.07) is 9.96. The second-order valence-corrected chi connectivity index (χ2v) is 5.00. The summed E-state index contributed by atoms with van der Waals surface area (Å²) in [4.78, 5) is 0. The first kappa shape index (κ1) is 14.4. The summed E-state index contributed by atoms with van der Waals surface area (Å²) in [5.41, 5.74) is 3.00. The predicted octanol–water partition coefficient (Wildman–Crippen LogP) is 4.16. The second kappa shape index (κ2) is 6.42. The number of aryl methyl sites for hydroxylation is 3. The molecule has 0 heterocycles. The lowest BCUT2D eigenvalue weighted by Crippen LogP contribution is -2.00. The number of rotatable bonds is 5. The molecule has 1 N–H and O–H groups in total. The van der Waals surface area contributed by atoms with E-state index in [2.05, 4.69) is 0 Å². The molecule has 0 aliphatic rings. The minimum atomic E-state index is -0.266. The molecule has 2 nitrogen and oxygen atoms in total. The summed E-state index contributed by atoms with van der Waals surface area (Å²) < 4.78 is 18.3. The van der Waals surface area contributed by atoms with Gasteiger partial charge < -0.3 is 9.84 Å². The molecule has 20 heavy (non-hydrogen) atoms. The van der Waals surface area contributed by atoms with Gasteiger partial charge in [0, 0.05) is 0 Å². The molecule has 0 unspecified atom stereocenters. The largest absolute Gasteiger partial charge is 0.507 e. The fourth-order valence-corrected chi connectivity index (χ4v) is 2.22. The summed E-state index contributed by atoms with van der Waals surface area (Å²) in [5, 5.41) is 9.99. The van der Waals surface area contributed by atoms with Crippen molar-refractivity contribution in [2.24, 2.45) is 0 Å². The highest BCUT2D eigenvalue weighted by molar-refractivity contribution is 5.42. The number of halogens is 1. The van der Waals surface area contributed by atoms with Crippen LogP contribution in [0.15, 0.2) is 36.4 Å². The van der Waals surface area contributed by atoms with Crippen LogP contribution in [0, 0.1) is 19.7 Å². The summed E-state index contributed by atoms with van der Waals surface area (Å²) in [6.45, 7) is 4.46. The molecule has 0 fully saturated rings. The van der Waals surface area contributed by atoms with Crippen molar-refractivity contribution in [2.45, 2.75) is 26.7 Å². The van der Waals surface area contributed by atoms with Crippen molar-refractivity contribution < 1.29 is 14.2 Å². The third-order valence-corrected chi connectivity index (χ3v) is 3.20. The third-order valence-electron chi connectivity index (χ3n) is 3.20. The smallest absolute Gasteiger partial charge is 0.123 e. The van der Waals surface area contributed by atoms with E-state index in [0.717, 1.165) is 29.5 Å². The Labute approximate surface area is 118 Å². The maximum absolute atomic E-state index is 12.7. The lowest BCUT2D eigenvalue weighted by molar-refractivity contribution is 0.309. The summed E-state index contributed by atoms with van der Waals surface area (Å²) in [5.74, 6) is 0.769. The monoisotopic (exact) mass is 274 g/mol. The molecule has 0 aromatic heterocycles. The van der Waals surface area contributed by atoms with Gasteiger partial charge in [-0.05, 0) is 62.1 Å². The number of benzene rings is 2. The Kier molecular flexibility index (Phi) is 4.61. The molecule has 2 aromatic rings. The van der Waals surface area contributed by atoms with E-state index >= 15 is 0 Å². The first-order valence-corrected chi connectivity index (χ1v) is 6.74. The molecule has 0 aliphatic carbocycles. The lowest BCUT2D eigenvalue weighted by atomic mass is 10.0. The van der Waals surface area contributed by atoms with Gasteiger partial charge in [-0.25, -0.2) is 4.39 Å². The zero-order valence-electron chi connectivity index (χ0n) is 11.8. The van der Waals surface area contributed by atoms with Gasteiger partial charge >= 0.3 is 0 Å². The fraction of sp³-hybridized carbons (Fsp3) is 0.294. The average molecular weight is 274 g/mol. The number of phenols is 1. The van der Waals surface area contributed by atoms with Crippen LogP contribution in [-0.2, 0) is 6.42 Å². The molecule has 0 bridgehead atoms. The Morgan fingerprint density at radius 1 is 1.10 bits per heavy atom. The van der Waals surface area contributed by atoms with Crippen molar-refractivity contribution in [3.05, 3.63) is 58.9 Å². The minimum Gasteiger partial charge on any atom is -0.507 e. The van der Waals surface area contributed by atoms with Gasteiger partial charge in [0.1, 0.15) is 17.3 Å². The van der Waals surface area contributed by atoms with E-state index in [1.165, 1.54) is 12.1 Å². The lowest BCUT2D eigenvalue weighted by Gasteiger charge is -2.10. The van der Waals surface area contributed by atoms with Crippen LogP contribution in [-0.4, -0.2) is 11.7 Å². The van der Waals surface area contributed by atoms with Crippen molar-refractivity contribution in [2.75, 3.05) is 6.61 Å². The van der Waals surface area contributed by atoms with Gasteiger partial charge in [0.2, 0.25) is 0 Å². The quantitative estimate of drug-likeness (QED) is 0.830. The van der Waals surface area contributed by atoms with Crippen LogP contribution in [0.3, 0.4) is 0 Å². The van der Waals surface area contributed by atoms with E-state index < -0.39 is 0 Å². The number of hydrogen-bond acceptors (Lipinski definition) is 2. The molecular formula is C17H19FO2. The van der Waals surface area contributed by atoms with Crippen LogP contribution >= 0.6 is 0 Å². The van der Waals surface area contributed by atoms with Crippen molar-refractivity contribution in [3.8, 4) is 11.5 Å². The molecule has 106 valence electrons. The van der Waals surface area contributed by atoms with Crippen LogP contribution in [0.25, 0.3) is 0 Å². The fourth-order valence-electron chi connectivity index (χ4n) is 2.22. The molecule has 0 atom stereocenters. The van der Waals surface area contributed by atoms with Gasteiger partial charge in [-0.3, -0.25) is 0 Å². The second-order valence-electron chi connectivity index (χ2n) is 5.00. The Morgan fingerprint density at radius 3 is 2.50 bits per heavy atom. The number of ether oxygens (including phenoxy) is 1. The van der Waals surface area contributed by atoms with E-state index in [9.17, 15) is 9.50 Å². The Bertz CT molecular complexity index is 576. The zero-order chi connectivity index (χ0) is 14.5. The normalized spacial score (nSPS) is 10.6. The van der Waals surface area contributed by atoms with Gasteiger partial charge in [0.05, 0.1) is 6.61 Å². The highest BCUT2D eigenvalue weighted by atomic mass is 19.1. The Balaban J connectivity index is 1.86. The molecule has 0 amide bonds. The third kappa shape index (κ3) is 3.73. The Morgan fingerprint density at radius 2 is 1.80 bits per heavy atom. The van der Waals surface area contributed by atoms with Crippen LogP contribution in [0.4, 0.5) is 4.39 Å². The maximum Gasteiger partial charge on any atom is 0.123 e. The van der Waals surface area contributed by atoms with Crippen molar-refractivity contribution in [3.63, 3.8) is 0 Å². The highest BCUT2D eigenvalue weighted by Gasteiger charge is 2.05. The van der Waals surface area contributed by atoms with Crippen LogP contribution in [0.1, 0.15) is 23.1 Å². The summed E-state index contributed by atoms with van der Waals surface area (Å²) >= 11 is 0. The predicted molar refractivity (Wildman–Crippen MR) is 77.8 cm³/mol. The van der Waals surface area contributed by atoms with Gasteiger partial charge in [-0.2, -0.15) is 0 Å². The molecule has 0 spiro atoms. The molecule has 0 saturated carbocycles. The molecule has 3 heteroatoms. The van der Waals surface area contributed by atoms with Gasteiger partial charge in [0.25, 0.3) is 0 Å². The van der Waals surface area contributed by atoms with E-state index in [1.54, 1.807) is 12.1 Å². The molecule has 0 saturated heterocycles. The molecular weight excluding hydrogens is 255 g/mol. The van der Waals surface area contributed by atoms with E-state index in [1.807, 2.05) is 26.0 Å². The van der Waals surface area contributed by atoms with Gasteiger partial charge in [-0.1, -0.05) is 17.7 Å². The molecule has 2 rings (SSSR count). The van der Waals surface area contributed by atoms with Crippen LogP contribution in [0.2, 0.25) is 0 Å².